The van der Waals surface area contributed by atoms with Gasteiger partial charge in [0.15, 0.2) is 0 Å². The maximum atomic E-state index is 13.2. The highest BCUT2D eigenvalue weighted by Crippen LogP contribution is 2.27. The van der Waals surface area contributed by atoms with E-state index in [1.807, 2.05) is 51.1 Å². The molecule has 1 fully saturated rings. The van der Waals surface area contributed by atoms with Crippen LogP contribution >= 0.6 is 0 Å². The van der Waals surface area contributed by atoms with Crippen LogP contribution in [0.15, 0.2) is 43.5 Å². The summed E-state index contributed by atoms with van der Waals surface area (Å²) in [5, 5.41) is 10.0. The van der Waals surface area contributed by atoms with Crippen molar-refractivity contribution >= 4 is 29.7 Å². The van der Waals surface area contributed by atoms with Gasteiger partial charge in [-0.1, -0.05) is 64.6 Å². The van der Waals surface area contributed by atoms with Gasteiger partial charge in [0.1, 0.15) is 18.1 Å². The molecule has 0 unspecified atom stereocenters. The Morgan fingerprint density at radius 3 is 2.44 bits per heavy atom. The first-order chi connectivity index (χ1) is 19.3. The van der Waals surface area contributed by atoms with Crippen molar-refractivity contribution in [3.63, 3.8) is 0 Å². The molecule has 41 heavy (non-hydrogen) atoms. The Labute approximate surface area is 245 Å². The minimum absolute atomic E-state index is 0.0551. The second-order valence-corrected chi connectivity index (χ2v) is 12.1. The molecule has 9 heteroatoms. The van der Waals surface area contributed by atoms with E-state index in [1.54, 1.807) is 13.0 Å². The number of hydrogen-bond acceptors (Lipinski definition) is 5. The van der Waals surface area contributed by atoms with Gasteiger partial charge in [0.2, 0.25) is 17.7 Å². The number of hydrogen-bond donors (Lipinski definition) is 4. The normalized spacial score (nSPS) is 17.6. The molecule has 1 saturated heterocycles. The number of hydrazine groups is 1. The van der Waals surface area contributed by atoms with Gasteiger partial charge in [0.25, 0.3) is 5.91 Å². The van der Waals surface area contributed by atoms with Gasteiger partial charge in [0.05, 0.1) is 6.04 Å². The highest BCUT2D eigenvalue weighted by atomic mass is 16.2. The zero-order valence-corrected chi connectivity index (χ0v) is 25.6. The number of amides is 4. The predicted octanol–water partition coefficient (Wildman–Crippen LogP) is 4.03. The summed E-state index contributed by atoms with van der Waals surface area (Å²) in [4.78, 5) is 52.0. The first-order valence-electron chi connectivity index (χ1n) is 14.6. The summed E-state index contributed by atoms with van der Waals surface area (Å²) in [6.07, 6.45) is 6.59. The molecule has 1 aliphatic heterocycles. The quantitative estimate of drug-likeness (QED) is 0.253. The monoisotopic (exact) mass is 567 g/mol. The summed E-state index contributed by atoms with van der Waals surface area (Å²) in [6, 6.07) is 5.38. The fraction of sp³-hybridized carbons (Fsp3) is 0.562. The zero-order chi connectivity index (χ0) is 30.7. The van der Waals surface area contributed by atoms with Crippen LogP contribution in [0.5, 0.6) is 0 Å². The van der Waals surface area contributed by atoms with Crippen LogP contribution in [-0.2, 0) is 19.2 Å². The summed E-state index contributed by atoms with van der Waals surface area (Å²) >= 11 is 0. The third-order valence-corrected chi connectivity index (χ3v) is 7.49. The highest BCUT2D eigenvalue weighted by molar-refractivity contribution is 5.92. The molecular weight excluding hydrogens is 518 g/mol. The van der Waals surface area contributed by atoms with Gasteiger partial charge >= 0.3 is 0 Å². The smallest absolute Gasteiger partial charge is 0.258 e. The Bertz CT molecular complexity index is 1100. The molecule has 0 bridgehead atoms. The molecule has 1 heterocycles. The number of allylic oxidation sites excluding steroid dienone is 1. The molecule has 1 aromatic carbocycles. The Balaban J connectivity index is 1.93. The standard InChI is InChI=1S/C32H49N5O4/c1-9-17-32(7,8)18-16-27(38)35-28(21(3)4)30(40)34-23(6)31(41)37-19-12-15-26(36-37)29(39)33-22(5)25-14-11-13-24(10-2)20-25/h9-11,13-14,20-23,26,28,36H,1-2,12,15-19H2,3-8H3,(H,33,39)(H,34,40)(H,35,38)/t22-,23+,26+,28+/m1/s1. The van der Waals surface area contributed by atoms with Crippen molar-refractivity contribution in [2.75, 3.05) is 6.54 Å². The van der Waals surface area contributed by atoms with Crippen LogP contribution in [0, 0.1) is 11.3 Å². The number of nitrogens with zero attached hydrogens (tertiary/aromatic N) is 1. The van der Waals surface area contributed by atoms with Crippen LogP contribution in [0.4, 0.5) is 0 Å². The Kier molecular flexibility index (Phi) is 12.8. The summed E-state index contributed by atoms with van der Waals surface area (Å²) in [6.45, 7) is 19.4. The summed E-state index contributed by atoms with van der Waals surface area (Å²) < 4.78 is 0. The van der Waals surface area contributed by atoms with E-state index in [-0.39, 0.29) is 35.1 Å². The molecule has 1 aliphatic rings. The first kappa shape index (κ1) is 33.7. The van der Waals surface area contributed by atoms with Crippen molar-refractivity contribution in [1.82, 2.24) is 26.4 Å². The van der Waals surface area contributed by atoms with E-state index in [2.05, 4.69) is 48.4 Å². The van der Waals surface area contributed by atoms with Crippen LogP contribution in [0.1, 0.15) is 90.8 Å². The van der Waals surface area contributed by atoms with Crippen LogP contribution < -0.4 is 21.4 Å². The Morgan fingerprint density at radius 1 is 1.10 bits per heavy atom. The average Bonchev–Trinajstić information content (AvgIpc) is 2.94. The Hall–Kier alpha value is -3.46. The van der Waals surface area contributed by atoms with Crippen molar-refractivity contribution in [2.24, 2.45) is 11.3 Å². The van der Waals surface area contributed by atoms with E-state index >= 15 is 0 Å². The van der Waals surface area contributed by atoms with Crippen LogP contribution in [-0.4, -0.2) is 53.3 Å². The molecule has 2 rings (SSSR count). The summed E-state index contributed by atoms with van der Waals surface area (Å²) in [5.41, 5.74) is 4.92. The SMILES string of the molecule is C=CCC(C)(C)CCC(=O)N[C@H](C(=O)N[C@@H](C)C(=O)N1CCC[C@@H](C(=O)N[C@H](C)c2cccc(C=C)c2)N1)C(C)C. The molecule has 4 amide bonds. The van der Waals surface area contributed by atoms with E-state index in [4.69, 9.17) is 0 Å². The van der Waals surface area contributed by atoms with E-state index in [0.29, 0.717) is 32.2 Å². The Morgan fingerprint density at radius 2 is 1.80 bits per heavy atom. The van der Waals surface area contributed by atoms with E-state index < -0.39 is 24.0 Å². The first-order valence-corrected chi connectivity index (χ1v) is 14.6. The summed E-state index contributed by atoms with van der Waals surface area (Å²) in [5.74, 6) is -1.33. The number of nitrogens with one attached hydrogen (secondary N) is 4. The third-order valence-electron chi connectivity index (χ3n) is 7.49. The lowest BCUT2D eigenvalue weighted by atomic mass is 9.84. The maximum absolute atomic E-state index is 13.2. The number of benzene rings is 1. The van der Waals surface area contributed by atoms with Gasteiger partial charge in [-0.3, -0.25) is 24.2 Å². The third kappa shape index (κ3) is 10.5. The minimum Gasteiger partial charge on any atom is -0.348 e. The molecule has 0 saturated carbocycles. The van der Waals surface area contributed by atoms with Crippen molar-refractivity contribution in [3.05, 3.63) is 54.6 Å². The highest BCUT2D eigenvalue weighted by Gasteiger charge is 2.33. The van der Waals surface area contributed by atoms with Crippen molar-refractivity contribution in [1.29, 1.82) is 0 Å². The van der Waals surface area contributed by atoms with Gasteiger partial charge in [0, 0.05) is 13.0 Å². The minimum atomic E-state index is -0.845. The van der Waals surface area contributed by atoms with Gasteiger partial charge < -0.3 is 16.0 Å². The van der Waals surface area contributed by atoms with E-state index in [0.717, 1.165) is 17.5 Å². The molecule has 4 N–H and O–H groups in total. The average molecular weight is 568 g/mol. The predicted molar refractivity (Wildman–Crippen MR) is 163 cm³/mol. The number of carbonyl (C=O) groups excluding carboxylic acids is 4. The van der Waals surface area contributed by atoms with Gasteiger partial charge in [-0.2, -0.15) is 0 Å². The van der Waals surface area contributed by atoms with Gasteiger partial charge in [-0.25, -0.2) is 5.43 Å². The molecule has 9 nitrogen and oxygen atoms in total. The lowest BCUT2D eigenvalue weighted by Crippen LogP contribution is -2.62. The number of carbonyl (C=O) groups is 4. The molecule has 0 aliphatic carbocycles. The second kappa shape index (κ2) is 15.5. The topological polar surface area (TPSA) is 120 Å². The molecule has 226 valence electrons. The van der Waals surface area contributed by atoms with Crippen LogP contribution in [0.25, 0.3) is 6.08 Å². The van der Waals surface area contributed by atoms with Gasteiger partial charge in [-0.05, 0) is 68.1 Å². The van der Waals surface area contributed by atoms with Crippen molar-refractivity contribution < 1.29 is 19.2 Å². The lowest BCUT2D eigenvalue weighted by Gasteiger charge is -2.35. The number of rotatable bonds is 14. The molecule has 4 atom stereocenters. The van der Waals surface area contributed by atoms with Gasteiger partial charge in [-0.15, -0.1) is 6.58 Å². The van der Waals surface area contributed by atoms with Crippen molar-refractivity contribution in [2.45, 2.75) is 97.8 Å². The molecule has 0 aromatic heterocycles. The maximum Gasteiger partial charge on any atom is 0.258 e. The fourth-order valence-corrected chi connectivity index (χ4v) is 4.81. The van der Waals surface area contributed by atoms with E-state index in [9.17, 15) is 19.2 Å². The van der Waals surface area contributed by atoms with Crippen LogP contribution in [0.2, 0.25) is 0 Å². The molecule has 0 radical (unpaired) electrons. The molecular formula is C32H49N5O4. The zero-order valence-electron chi connectivity index (χ0n) is 25.6. The lowest BCUT2D eigenvalue weighted by molar-refractivity contribution is -0.143. The second-order valence-electron chi connectivity index (χ2n) is 12.1. The fourth-order valence-electron chi connectivity index (χ4n) is 4.81. The summed E-state index contributed by atoms with van der Waals surface area (Å²) in [7, 11) is 0. The van der Waals surface area contributed by atoms with E-state index in [1.165, 1.54) is 5.01 Å². The largest absolute Gasteiger partial charge is 0.348 e. The molecule has 1 aromatic rings. The molecule has 0 spiro atoms. The van der Waals surface area contributed by atoms with Crippen molar-refractivity contribution in [3.8, 4) is 0 Å². The van der Waals surface area contributed by atoms with Crippen LogP contribution in [0.3, 0.4) is 0 Å².